The number of carboxylic acids is 1. The molecule has 146 valence electrons. The quantitative estimate of drug-likeness (QED) is 0.862. The fraction of sp³-hybridized carbons (Fsp3) is 0.571. The van der Waals surface area contributed by atoms with Gasteiger partial charge in [-0.05, 0) is 42.9 Å². The molecule has 0 atom stereocenters. The van der Waals surface area contributed by atoms with Gasteiger partial charge in [0.2, 0.25) is 11.8 Å². The van der Waals surface area contributed by atoms with Gasteiger partial charge in [-0.2, -0.15) is 0 Å². The van der Waals surface area contributed by atoms with Crippen molar-refractivity contribution in [3.05, 3.63) is 35.4 Å². The Bertz CT molecular complexity index is 697. The third-order valence-corrected chi connectivity index (χ3v) is 5.67. The zero-order chi connectivity index (χ0) is 19.2. The van der Waals surface area contributed by atoms with Crippen LogP contribution in [-0.2, 0) is 16.0 Å². The first-order valence-electron chi connectivity index (χ1n) is 9.90. The summed E-state index contributed by atoms with van der Waals surface area (Å²) in [6.07, 6.45) is 6.44. The van der Waals surface area contributed by atoms with Crippen molar-refractivity contribution in [2.45, 2.75) is 44.9 Å². The maximum absolute atomic E-state index is 12.6. The molecule has 3 rings (SSSR count). The molecule has 2 aliphatic rings. The number of amides is 2. The van der Waals surface area contributed by atoms with Gasteiger partial charge in [-0.25, -0.2) is 4.79 Å². The summed E-state index contributed by atoms with van der Waals surface area (Å²) in [5, 5.41) is 9.08. The first-order valence-corrected chi connectivity index (χ1v) is 9.90. The van der Waals surface area contributed by atoms with Crippen LogP contribution < -0.4 is 0 Å². The number of benzene rings is 1. The van der Waals surface area contributed by atoms with Crippen LogP contribution in [0.5, 0.6) is 0 Å². The Hall–Kier alpha value is -2.37. The smallest absolute Gasteiger partial charge is 0.335 e. The van der Waals surface area contributed by atoms with Gasteiger partial charge in [-0.1, -0.05) is 25.0 Å². The molecule has 1 aromatic carbocycles. The van der Waals surface area contributed by atoms with Crippen LogP contribution in [0.1, 0.15) is 54.4 Å². The first kappa shape index (κ1) is 19.4. The maximum atomic E-state index is 12.6. The highest BCUT2D eigenvalue weighted by Crippen LogP contribution is 2.28. The second kappa shape index (κ2) is 9.02. The number of hydrogen-bond donors (Lipinski definition) is 1. The summed E-state index contributed by atoms with van der Waals surface area (Å²) in [5.41, 5.74) is 0.901. The van der Waals surface area contributed by atoms with E-state index in [1.165, 1.54) is 31.7 Å². The summed E-state index contributed by atoms with van der Waals surface area (Å²) < 4.78 is 0. The Labute approximate surface area is 160 Å². The number of hydrogen-bond acceptors (Lipinski definition) is 3. The highest BCUT2D eigenvalue weighted by atomic mass is 16.4. The molecule has 1 N–H and O–H groups in total. The molecule has 1 aliphatic carbocycles. The van der Waals surface area contributed by atoms with E-state index in [-0.39, 0.29) is 23.8 Å². The summed E-state index contributed by atoms with van der Waals surface area (Å²) in [7, 11) is 0. The summed E-state index contributed by atoms with van der Waals surface area (Å²) in [6.45, 7) is 2.49. The standard InChI is InChI=1S/C21H28N2O4/c24-19(14-16-5-1-2-6-16)22-9-4-10-23(12-11-22)20(25)15-17-7-3-8-18(13-17)21(26)27/h3,7-8,13,16H,1-2,4-6,9-12,14-15H2,(H,26,27). The highest BCUT2D eigenvalue weighted by molar-refractivity contribution is 5.88. The number of carbonyl (C=O) groups excluding carboxylic acids is 2. The third kappa shape index (κ3) is 5.31. The number of carbonyl (C=O) groups is 3. The Balaban J connectivity index is 1.52. The van der Waals surface area contributed by atoms with Gasteiger partial charge in [0.05, 0.1) is 12.0 Å². The van der Waals surface area contributed by atoms with E-state index in [2.05, 4.69) is 0 Å². The van der Waals surface area contributed by atoms with Gasteiger partial charge in [-0.3, -0.25) is 9.59 Å². The fourth-order valence-electron chi connectivity index (χ4n) is 4.11. The highest BCUT2D eigenvalue weighted by Gasteiger charge is 2.25. The molecule has 1 saturated heterocycles. The lowest BCUT2D eigenvalue weighted by atomic mass is 10.0. The normalized spacial score (nSPS) is 18.4. The van der Waals surface area contributed by atoms with Crippen molar-refractivity contribution >= 4 is 17.8 Å². The minimum absolute atomic E-state index is 0.0115. The Kier molecular flexibility index (Phi) is 6.48. The lowest BCUT2D eigenvalue weighted by Gasteiger charge is -2.23. The molecule has 1 saturated carbocycles. The largest absolute Gasteiger partial charge is 0.478 e. The number of rotatable bonds is 5. The van der Waals surface area contributed by atoms with Gasteiger partial charge in [0.1, 0.15) is 0 Å². The molecule has 2 amide bonds. The molecule has 1 aromatic rings. The summed E-state index contributed by atoms with van der Waals surface area (Å²) in [4.78, 5) is 40.0. The molecule has 6 nitrogen and oxygen atoms in total. The van der Waals surface area contributed by atoms with Gasteiger partial charge < -0.3 is 14.9 Å². The molecule has 0 bridgehead atoms. The monoisotopic (exact) mass is 372 g/mol. The summed E-state index contributed by atoms with van der Waals surface area (Å²) in [6, 6.07) is 6.52. The third-order valence-electron chi connectivity index (χ3n) is 5.67. The van der Waals surface area contributed by atoms with Crippen LogP contribution in [0.3, 0.4) is 0 Å². The van der Waals surface area contributed by atoms with E-state index in [1.807, 2.05) is 4.90 Å². The van der Waals surface area contributed by atoms with Crippen LogP contribution in [0.15, 0.2) is 24.3 Å². The van der Waals surface area contributed by atoms with Crippen LogP contribution in [0.4, 0.5) is 0 Å². The minimum atomic E-state index is -0.990. The second-order valence-electron chi connectivity index (χ2n) is 7.65. The maximum Gasteiger partial charge on any atom is 0.335 e. The van der Waals surface area contributed by atoms with Crippen LogP contribution >= 0.6 is 0 Å². The summed E-state index contributed by atoms with van der Waals surface area (Å²) in [5.74, 6) is -0.233. The van der Waals surface area contributed by atoms with Gasteiger partial charge in [0.25, 0.3) is 0 Å². The first-order chi connectivity index (χ1) is 13.0. The van der Waals surface area contributed by atoms with E-state index >= 15 is 0 Å². The predicted molar refractivity (Wildman–Crippen MR) is 101 cm³/mol. The number of carboxylic acid groups (broad SMARTS) is 1. The van der Waals surface area contributed by atoms with Crippen LogP contribution in [0.2, 0.25) is 0 Å². The summed E-state index contributed by atoms with van der Waals surface area (Å²) >= 11 is 0. The van der Waals surface area contributed by atoms with E-state index in [0.717, 1.165) is 6.42 Å². The lowest BCUT2D eigenvalue weighted by molar-refractivity contribution is -0.133. The Morgan fingerprint density at radius 1 is 0.926 bits per heavy atom. The van der Waals surface area contributed by atoms with Gasteiger partial charge >= 0.3 is 5.97 Å². The van der Waals surface area contributed by atoms with E-state index in [0.29, 0.717) is 44.1 Å². The second-order valence-corrected chi connectivity index (χ2v) is 7.65. The van der Waals surface area contributed by atoms with E-state index in [9.17, 15) is 14.4 Å². The fourth-order valence-corrected chi connectivity index (χ4v) is 4.11. The molecule has 1 aliphatic heterocycles. The SMILES string of the molecule is O=C(O)c1cccc(CC(=O)N2CCCN(C(=O)CC3CCCC3)CC2)c1. The van der Waals surface area contributed by atoms with Crippen molar-refractivity contribution in [1.82, 2.24) is 9.80 Å². The van der Waals surface area contributed by atoms with Gasteiger partial charge in [-0.15, -0.1) is 0 Å². The molecule has 6 heteroatoms. The number of nitrogens with zero attached hydrogens (tertiary/aromatic N) is 2. The average molecular weight is 372 g/mol. The number of aromatic carboxylic acids is 1. The molecule has 27 heavy (non-hydrogen) atoms. The van der Waals surface area contributed by atoms with Crippen LogP contribution in [-0.4, -0.2) is 58.9 Å². The zero-order valence-corrected chi connectivity index (χ0v) is 15.7. The Morgan fingerprint density at radius 3 is 2.26 bits per heavy atom. The predicted octanol–water partition coefficient (Wildman–Crippen LogP) is 2.57. The van der Waals surface area contributed by atoms with Crippen molar-refractivity contribution in [3.63, 3.8) is 0 Å². The molecular weight excluding hydrogens is 344 g/mol. The van der Waals surface area contributed by atoms with E-state index in [4.69, 9.17) is 5.11 Å². The van der Waals surface area contributed by atoms with Crippen molar-refractivity contribution in [3.8, 4) is 0 Å². The Morgan fingerprint density at radius 2 is 1.59 bits per heavy atom. The van der Waals surface area contributed by atoms with Crippen molar-refractivity contribution < 1.29 is 19.5 Å². The van der Waals surface area contributed by atoms with Crippen LogP contribution in [0, 0.1) is 5.92 Å². The van der Waals surface area contributed by atoms with E-state index < -0.39 is 5.97 Å². The molecule has 0 spiro atoms. The molecule has 0 radical (unpaired) electrons. The van der Waals surface area contributed by atoms with Crippen molar-refractivity contribution in [1.29, 1.82) is 0 Å². The molecular formula is C21H28N2O4. The molecule has 2 fully saturated rings. The van der Waals surface area contributed by atoms with Crippen LogP contribution in [0.25, 0.3) is 0 Å². The van der Waals surface area contributed by atoms with Crippen molar-refractivity contribution in [2.24, 2.45) is 5.92 Å². The van der Waals surface area contributed by atoms with Gasteiger partial charge in [0, 0.05) is 32.6 Å². The lowest BCUT2D eigenvalue weighted by Crippen LogP contribution is -2.38. The average Bonchev–Trinajstić information content (AvgIpc) is 3.02. The van der Waals surface area contributed by atoms with Crippen molar-refractivity contribution in [2.75, 3.05) is 26.2 Å². The van der Waals surface area contributed by atoms with Gasteiger partial charge in [0.15, 0.2) is 0 Å². The molecule has 1 heterocycles. The topological polar surface area (TPSA) is 77.9 Å². The molecule has 0 unspecified atom stereocenters. The molecule has 0 aromatic heterocycles. The minimum Gasteiger partial charge on any atom is -0.478 e. The van der Waals surface area contributed by atoms with E-state index in [1.54, 1.807) is 23.1 Å². The zero-order valence-electron chi connectivity index (χ0n) is 15.7.